The fourth-order valence-electron chi connectivity index (χ4n) is 7.33. The summed E-state index contributed by atoms with van der Waals surface area (Å²) in [6, 6.07) is 14.3. The molecule has 3 aliphatic rings. The van der Waals surface area contributed by atoms with E-state index in [0.29, 0.717) is 31.2 Å². The molecule has 248 valence electrons. The van der Waals surface area contributed by atoms with E-state index in [0.717, 1.165) is 74.1 Å². The number of piperidine rings is 1. The number of ketones is 1. The largest absolute Gasteiger partial charge is 0.493 e. The number of hydrogen-bond donors (Lipinski definition) is 1. The van der Waals surface area contributed by atoms with Gasteiger partial charge in [0.25, 0.3) is 0 Å². The maximum atomic E-state index is 15.3. The summed E-state index contributed by atoms with van der Waals surface area (Å²) in [5.41, 5.74) is 5.71. The zero-order chi connectivity index (χ0) is 33.0. The summed E-state index contributed by atoms with van der Waals surface area (Å²) in [7, 11) is 0. The average Bonchev–Trinajstić information content (AvgIpc) is 3.81. The monoisotopic (exact) mass is 668 g/mol. The summed E-state index contributed by atoms with van der Waals surface area (Å²) >= 11 is 6.11. The molecule has 3 aromatic carbocycles. The molecule has 2 aliphatic heterocycles. The Morgan fingerprint density at radius 1 is 1.06 bits per heavy atom. The minimum Gasteiger partial charge on any atom is -0.493 e. The van der Waals surface area contributed by atoms with Gasteiger partial charge in [0.05, 0.1) is 17.3 Å². The van der Waals surface area contributed by atoms with E-state index in [9.17, 15) is 9.59 Å². The number of ether oxygens (including phenoxy) is 1. The number of carbonyl (C=O) groups excluding carboxylic acids is 2. The zero-order valence-electron chi connectivity index (χ0n) is 26.7. The fraction of sp³-hybridized carbons (Fsp3) is 0.378. The minimum atomic E-state index is -0.824. The summed E-state index contributed by atoms with van der Waals surface area (Å²) in [6.45, 7) is 3.00. The van der Waals surface area contributed by atoms with E-state index in [4.69, 9.17) is 16.3 Å². The lowest BCUT2D eigenvalue weighted by atomic mass is 9.87. The van der Waals surface area contributed by atoms with Crippen LogP contribution in [0.4, 0.5) is 4.39 Å². The molecule has 4 aromatic rings. The Kier molecular flexibility index (Phi) is 9.63. The third-order valence-electron chi connectivity index (χ3n) is 9.85. The average molecular weight is 669 g/mol. The first kappa shape index (κ1) is 32.2. The van der Waals surface area contributed by atoms with Gasteiger partial charge in [0.2, 0.25) is 5.91 Å². The number of carbonyl (C=O) groups is 2. The van der Waals surface area contributed by atoms with Gasteiger partial charge < -0.3 is 15.0 Å². The standard InChI is InChI=1S/C37H38ClFN6O3/c38-31-10-11-32(45-23-41-42-43-45)30(36(31)39)9-12-35(47)44-19-15-28-29(5-2-6-34(28)48-20-16-24-13-17-40-18-14-24)37(44)33(46)22-25-7-8-26-3-1-4-27(26)21-25/h2,5-12,21,23-24,37,40H,1,3-4,13-20,22H2/b12-9+. The van der Waals surface area contributed by atoms with Crippen molar-refractivity contribution in [2.75, 3.05) is 26.2 Å². The van der Waals surface area contributed by atoms with Gasteiger partial charge in [-0.3, -0.25) is 9.59 Å². The van der Waals surface area contributed by atoms with E-state index in [1.54, 1.807) is 11.0 Å². The molecule has 1 aromatic heterocycles. The predicted molar refractivity (Wildman–Crippen MR) is 181 cm³/mol. The van der Waals surface area contributed by atoms with E-state index in [1.165, 1.54) is 40.4 Å². The maximum absolute atomic E-state index is 15.3. The highest BCUT2D eigenvalue weighted by atomic mass is 35.5. The molecule has 1 N–H and O–H groups in total. The second-order valence-corrected chi connectivity index (χ2v) is 13.2. The Labute approximate surface area is 284 Å². The highest BCUT2D eigenvalue weighted by molar-refractivity contribution is 6.31. The Bertz CT molecular complexity index is 1840. The van der Waals surface area contributed by atoms with Crippen LogP contribution in [0.1, 0.15) is 65.1 Å². The molecule has 1 saturated heterocycles. The van der Waals surface area contributed by atoms with Crippen LogP contribution in [0.25, 0.3) is 11.8 Å². The number of aryl methyl sites for hydroxylation is 2. The second-order valence-electron chi connectivity index (χ2n) is 12.8. The van der Waals surface area contributed by atoms with E-state index in [-0.39, 0.29) is 22.8 Å². The van der Waals surface area contributed by atoms with Gasteiger partial charge in [0.1, 0.15) is 18.1 Å². The molecule has 11 heteroatoms. The lowest BCUT2D eigenvalue weighted by molar-refractivity contribution is -0.136. The smallest absolute Gasteiger partial charge is 0.247 e. The molecule has 0 radical (unpaired) electrons. The van der Waals surface area contributed by atoms with Crippen LogP contribution < -0.4 is 10.1 Å². The third kappa shape index (κ3) is 6.77. The van der Waals surface area contributed by atoms with Gasteiger partial charge in [0, 0.05) is 30.2 Å². The number of nitrogens with zero attached hydrogens (tertiary/aromatic N) is 5. The molecule has 0 bridgehead atoms. The Morgan fingerprint density at radius 3 is 2.75 bits per heavy atom. The highest BCUT2D eigenvalue weighted by Gasteiger charge is 2.36. The fourth-order valence-corrected chi connectivity index (χ4v) is 7.50. The lowest BCUT2D eigenvalue weighted by Crippen LogP contribution is -2.43. The Morgan fingerprint density at radius 2 is 1.92 bits per heavy atom. The van der Waals surface area contributed by atoms with Crippen molar-refractivity contribution >= 4 is 29.4 Å². The van der Waals surface area contributed by atoms with Crippen LogP contribution in [0, 0.1) is 11.7 Å². The normalized spacial score (nSPS) is 17.8. The predicted octanol–water partition coefficient (Wildman–Crippen LogP) is 5.66. The number of hydrogen-bond acceptors (Lipinski definition) is 7. The van der Waals surface area contributed by atoms with Crippen molar-refractivity contribution in [1.82, 2.24) is 30.4 Å². The van der Waals surface area contributed by atoms with Crippen LogP contribution in [0.3, 0.4) is 0 Å². The van der Waals surface area contributed by atoms with Crippen molar-refractivity contribution in [3.63, 3.8) is 0 Å². The summed E-state index contributed by atoms with van der Waals surface area (Å²) in [5, 5.41) is 14.5. The van der Waals surface area contributed by atoms with Crippen LogP contribution >= 0.6 is 11.6 Å². The van der Waals surface area contributed by atoms with Crippen LogP contribution in [0.15, 0.2) is 60.9 Å². The van der Waals surface area contributed by atoms with Gasteiger partial charge in [-0.2, -0.15) is 4.68 Å². The first-order chi connectivity index (χ1) is 23.5. The molecule has 1 atom stereocenters. The number of aromatic nitrogens is 4. The van der Waals surface area contributed by atoms with Gasteiger partial charge in [-0.25, -0.2) is 4.39 Å². The molecule has 0 saturated carbocycles. The first-order valence-corrected chi connectivity index (χ1v) is 17.1. The van der Waals surface area contributed by atoms with Crippen molar-refractivity contribution in [2.45, 2.75) is 57.4 Å². The summed E-state index contributed by atoms with van der Waals surface area (Å²) in [6.07, 6.45) is 11.2. The van der Waals surface area contributed by atoms with Crippen molar-refractivity contribution in [3.05, 3.63) is 105 Å². The van der Waals surface area contributed by atoms with Crippen LogP contribution in [-0.2, 0) is 35.3 Å². The number of benzene rings is 3. The molecule has 1 fully saturated rings. The van der Waals surface area contributed by atoms with Crippen molar-refractivity contribution in [3.8, 4) is 11.4 Å². The molecule has 3 heterocycles. The summed E-state index contributed by atoms with van der Waals surface area (Å²) in [4.78, 5) is 29.9. The van der Waals surface area contributed by atoms with Crippen molar-refractivity contribution in [1.29, 1.82) is 0 Å². The number of tetrazole rings is 1. The molecule has 7 rings (SSSR count). The van der Waals surface area contributed by atoms with Gasteiger partial charge >= 0.3 is 0 Å². The van der Waals surface area contributed by atoms with Gasteiger partial charge in [-0.05, 0) is 121 Å². The number of amides is 1. The number of Topliss-reactive ketones (excluding diaryl/α,β-unsaturated/α-hetero) is 1. The number of nitrogens with one attached hydrogen (secondary N) is 1. The van der Waals surface area contributed by atoms with Crippen LogP contribution in [0.2, 0.25) is 5.02 Å². The molecule has 1 unspecified atom stereocenters. The maximum Gasteiger partial charge on any atom is 0.247 e. The number of fused-ring (bicyclic) bond motifs is 2. The van der Waals surface area contributed by atoms with Crippen LogP contribution in [-0.4, -0.2) is 63.0 Å². The van der Waals surface area contributed by atoms with Crippen molar-refractivity contribution < 1.29 is 18.7 Å². The molecule has 48 heavy (non-hydrogen) atoms. The van der Waals surface area contributed by atoms with E-state index in [1.807, 2.05) is 24.3 Å². The summed E-state index contributed by atoms with van der Waals surface area (Å²) in [5.74, 6) is 0.218. The van der Waals surface area contributed by atoms with Gasteiger partial charge in [-0.1, -0.05) is 41.9 Å². The molecule has 9 nitrogen and oxygen atoms in total. The number of halogens is 2. The quantitative estimate of drug-likeness (QED) is 0.218. The molecular weight excluding hydrogens is 631 g/mol. The second kappa shape index (κ2) is 14.4. The van der Waals surface area contributed by atoms with E-state index >= 15 is 4.39 Å². The van der Waals surface area contributed by atoms with E-state index < -0.39 is 17.8 Å². The topological polar surface area (TPSA) is 102 Å². The van der Waals surface area contributed by atoms with Crippen LogP contribution in [0.5, 0.6) is 5.75 Å². The van der Waals surface area contributed by atoms with Gasteiger partial charge in [0.15, 0.2) is 11.6 Å². The van der Waals surface area contributed by atoms with Gasteiger partial charge in [-0.15, -0.1) is 5.10 Å². The lowest BCUT2D eigenvalue weighted by Gasteiger charge is -2.36. The minimum absolute atomic E-state index is 0.0611. The van der Waals surface area contributed by atoms with Crippen molar-refractivity contribution in [2.24, 2.45) is 5.92 Å². The Balaban J connectivity index is 1.18. The number of rotatable bonds is 10. The molecular formula is C37H38ClFN6O3. The summed E-state index contributed by atoms with van der Waals surface area (Å²) < 4.78 is 22.9. The molecule has 1 aliphatic carbocycles. The molecule has 0 spiro atoms. The SMILES string of the molecule is O=C(Cc1ccc2c(c1)CCC2)C1c2cccc(OCCC3CCNCC3)c2CCN1C(=O)/C=C/c1c(-n2cnnn2)ccc(Cl)c1F. The van der Waals surface area contributed by atoms with E-state index in [2.05, 4.69) is 33.0 Å². The Hall–Kier alpha value is -4.41. The highest BCUT2D eigenvalue weighted by Crippen LogP contribution is 2.37. The zero-order valence-corrected chi connectivity index (χ0v) is 27.5. The molecule has 1 amide bonds. The first-order valence-electron chi connectivity index (χ1n) is 16.7. The third-order valence-corrected chi connectivity index (χ3v) is 10.1.